The number of carbonyl (C=O) groups excluding carboxylic acids is 1. The van der Waals surface area contributed by atoms with Gasteiger partial charge in [-0.3, -0.25) is 4.79 Å². The Bertz CT molecular complexity index is 1000. The first kappa shape index (κ1) is 23.0. The third-order valence-electron chi connectivity index (χ3n) is 4.88. The summed E-state index contributed by atoms with van der Waals surface area (Å²) in [5.74, 6) is -0.503. The Labute approximate surface area is 187 Å². The van der Waals surface area contributed by atoms with Gasteiger partial charge in [0.1, 0.15) is 4.90 Å². The zero-order chi connectivity index (χ0) is 21.7. The molecule has 1 saturated heterocycles. The van der Waals surface area contributed by atoms with Crippen LogP contribution in [0, 0.1) is 0 Å². The number of nitrogens with one attached hydrogen (secondary N) is 1. The first-order valence-electron chi connectivity index (χ1n) is 9.80. The molecule has 0 saturated carbocycles. The molecule has 3 rings (SSSR count). The monoisotopic (exact) mass is 470 g/mol. The van der Waals surface area contributed by atoms with Crippen LogP contribution in [0.2, 0.25) is 10.0 Å². The Kier molecular flexibility index (Phi) is 7.76. The van der Waals surface area contributed by atoms with Crippen molar-refractivity contribution < 1.29 is 17.9 Å². The topological polar surface area (TPSA) is 75.7 Å². The van der Waals surface area contributed by atoms with Crippen molar-refractivity contribution in [2.75, 3.05) is 31.6 Å². The van der Waals surface area contributed by atoms with Crippen molar-refractivity contribution in [3.8, 4) is 0 Å². The molecule has 1 aliphatic rings. The molecule has 162 valence electrons. The van der Waals surface area contributed by atoms with Gasteiger partial charge in [-0.05, 0) is 42.7 Å². The van der Waals surface area contributed by atoms with Crippen molar-refractivity contribution in [1.82, 2.24) is 4.31 Å². The SMILES string of the molecule is CCCCc1ccc(NC(=O)c2cc(S(=O)(=O)N3CCOCC3)c(Cl)cc2Cl)cc1. The lowest BCUT2D eigenvalue weighted by atomic mass is 10.1. The Morgan fingerprint density at radius 3 is 2.40 bits per heavy atom. The quantitative estimate of drug-likeness (QED) is 0.640. The number of hydrogen-bond acceptors (Lipinski definition) is 4. The van der Waals surface area contributed by atoms with E-state index in [0.29, 0.717) is 18.9 Å². The maximum absolute atomic E-state index is 13.0. The minimum atomic E-state index is -3.87. The summed E-state index contributed by atoms with van der Waals surface area (Å²) < 4.78 is 32.5. The molecule has 2 aromatic rings. The number of aryl methyl sites for hydroxylation is 1. The average molecular weight is 471 g/mol. The van der Waals surface area contributed by atoms with E-state index in [0.717, 1.165) is 19.3 Å². The van der Waals surface area contributed by atoms with E-state index >= 15 is 0 Å². The van der Waals surface area contributed by atoms with Crippen LogP contribution in [0.4, 0.5) is 5.69 Å². The molecule has 6 nitrogen and oxygen atoms in total. The van der Waals surface area contributed by atoms with E-state index in [1.165, 1.54) is 22.0 Å². The Morgan fingerprint density at radius 1 is 1.10 bits per heavy atom. The van der Waals surface area contributed by atoms with E-state index in [4.69, 9.17) is 27.9 Å². The number of sulfonamides is 1. The summed E-state index contributed by atoms with van der Waals surface area (Å²) in [5, 5.41) is 2.82. The standard InChI is InChI=1S/C21H24Cl2N2O4S/c1-2-3-4-15-5-7-16(8-6-15)24-21(26)17-13-20(19(23)14-18(17)22)30(27,28)25-9-11-29-12-10-25/h5-8,13-14H,2-4,9-12H2,1H3,(H,24,26). The highest BCUT2D eigenvalue weighted by molar-refractivity contribution is 7.89. The molecule has 0 aromatic heterocycles. The van der Waals surface area contributed by atoms with E-state index in [1.54, 1.807) is 0 Å². The highest BCUT2D eigenvalue weighted by atomic mass is 35.5. The maximum atomic E-state index is 13.0. The van der Waals surface area contributed by atoms with E-state index in [1.807, 2.05) is 24.3 Å². The molecule has 0 spiro atoms. The van der Waals surface area contributed by atoms with Crippen molar-refractivity contribution >= 4 is 44.8 Å². The predicted octanol–water partition coefficient (Wildman–Crippen LogP) is 4.61. The van der Waals surface area contributed by atoms with Gasteiger partial charge in [-0.25, -0.2) is 8.42 Å². The van der Waals surface area contributed by atoms with Crippen molar-refractivity contribution in [1.29, 1.82) is 0 Å². The number of amides is 1. The molecule has 1 N–H and O–H groups in total. The first-order valence-corrected chi connectivity index (χ1v) is 12.0. The second-order valence-corrected chi connectivity index (χ2v) is 9.75. The Morgan fingerprint density at radius 2 is 1.77 bits per heavy atom. The summed E-state index contributed by atoms with van der Waals surface area (Å²) >= 11 is 12.4. The van der Waals surface area contributed by atoms with Gasteiger partial charge in [0, 0.05) is 18.8 Å². The number of nitrogens with zero attached hydrogens (tertiary/aromatic N) is 1. The second-order valence-electron chi connectivity index (χ2n) is 7.03. The fourth-order valence-electron chi connectivity index (χ4n) is 3.16. The summed E-state index contributed by atoms with van der Waals surface area (Å²) in [6.45, 7) is 3.22. The molecule has 1 aliphatic heterocycles. The number of benzene rings is 2. The number of morpholine rings is 1. The number of rotatable bonds is 7. The molecule has 0 radical (unpaired) electrons. The van der Waals surface area contributed by atoms with Crippen molar-refractivity contribution in [2.24, 2.45) is 0 Å². The van der Waals surface area contributed by atoms with Crippen LogP contribution in [-0.4, -0.2) is 44.9 Å². The van der Waals surface area contributed by atoms with Crippen LogP contribution < -0.4 is 5.32 Å². The fraction of sp³-hybridized carbons (Fsp3) is 0.381. The zero-order valence-corrected chi connectivity index (χ0v) is 19.0. The molecule has 9 heteroatoms. The van der Waals surface area contributed by atoms with Crippen molar-refractivity contribution in [3.05, 3.63) is 57.6 Å². The van der Waals surface area contributed by atoms with Crippen LogP contribution in [0.3, 0.4) is 0 Å². The average Bonchev–Trinajstić information content (AvgIpc) is 2.73. The molecule has 1 heterocycles. The number of hydrogen-bond donors (Lipinski definition) is 1. The van der Waals surface area contributed by atoms with Gasteiger partial charge in [-0.1, -0.05) is 48.7 Å². The number of ether oxygens (including phenoxy) is 1. The van der Waals surface area contributed by atoms with E-state index < -0.39 is 15.9 Å². The van der Waals surface area contributed by atoms with Gasteiger partial charge in [0.05, 0.1) is 28.8 Å². The fourth-order valence-corrected chi connectivity index (χ4v) is 5.40. The molecule has 0 bridgehead atoms. The van der Waals surface area contributed by atoms with Crippen LogP contribution >= 0.6 is 23.2 Å². The van der Waals surface area contributed by atoms with Gasteiger partial charge >= 0.3 is 0 Å². The predicted molar refractivity (Wildman–Crippen MR) is 119 cm³/mol. The third kappa shape index (κ3) is 5.34. The minimum absolute atomic E-state index is 0.0247. The summed E-state index contributed by atoms with van der Waals surface area (Å²) in [6, 6.07) is 10.1. The van der Waals surface area contributed by atoms with E-state index in [-0.39, 0.29) is 33.6 Å². The lowest BCUT2D eigenvalue weighted by Gasteiger charge is -2.26. The summed E-state index contributed by atoms with van der Waals surface area (Å²) in [7, 11) is -3.87. The van der Waals surface area contributed by atoms with Gasteiger partial charge in [-0.15, -0.1) is 0 Å². The van der Waals surface area contributed by atoms with Crippen LogP contribution in [-0.2, 0) is 21.2 Å². The number of halogens is 2. The van der Waals surface area contributed by atoms with Gasteiger partial charge in [0.2, 0.25) is 10.0 Å². The number of anilines is 1. The molecular formula is C21H24Cl2N2O4S. The number of carbonyl (C=O) groups is 1. The molecule has 2 aromatic carbocycles. The summed E-state index contributed by atoms with van der Waals surface area (Å²) in [5.41, 5.74) is 1.84. The molecule has 1 fully saturated rings. The molecule has 0 atom stereocenters. The first-order chi connectivity index (χ1) is 14.3. The van der Waals surface area contributed by atoms with E-state index in [2.05, 4.69) is 12.2 Å². The van der Waals surface area contributed by atoms with Gasteiger partial charge in [0.15, 0.2) is 0 Å². The Hall–Kier alpha value is -1.64. The lowest BCUT2D eigenvalue weighted by molar-refractivity contribution is 0.0730. The van der Waals surface area contributed by atoms with Gasteiger partial charge in [0.25, 0.3) is 5.91 Å². The van der Waals surface area contributed by atoms with Crippen LogP contribution in [0.15, 0.2) is 41.3 Å². The summed E-state index contributed by atoms with van der Waals surface area (Å²) in [4.78, 5) is 12.6. The lowest BCUT2D eigenvalue weighted by Crippen LogP contribution is -2.40. The highest BCUT2D eigenvalue weighted by Crippen LogP contribution is 2.31. The third-order valence-corrected chi connectivity index (χ3v) is 7.56. The van der Waals surface area contributed by atoms with E-state index in [9.17, 15) is 13.2 Å². The molecular weight excluding hydrogens is 447 g/mol. The summed E-state index contributed by atoms with van der Waals surface area (Å²) in [6.07, 6.45) is 3.20. The van der Waals surface area contributed by atoms with Gasteiger partial charge in [-0.2, -0.15) is 4.31 Å². The Balaban J connectivity index is 1.83. The zero-order valence-electron chi connectivity index (χ0n) is 16.7. The van der Waals surface area contributed by atoms with Gasteiger partial charge < -0.3 is 10.1 Å². The maximum Gasteiger partial charge on any atom is 0.257 e. The smallest absolute Gasteiger partial charge is 0.257 e. The normalized spacial score (nSPS) is 15.2. The number of unbranched alkanes of at least 4 members (excludes halogenated alkanes) is 1. The van der Waals surface area contributed by atoms with Crippen LogP contribution in [0.25, 0.3) is 0 Å². The molecule has 30 heavy (non-hydrogen) atoms. The second kappa shape index (κ2) is 10.1. The minimum Gasteiger partial charge on any atom is -0.379 e. The molecule has 0 aliphatic carbocycles. The van der Waals surface area contributed by atoms with Crippen LogP contribution in [0.1, 0.15) is 35.7 Å². The van der Waals surface area contributed by atoms with Crippen molar-refractivity contribution in [2.45, 2.75) is 31.1 Å². The van der Waals surface area contributed by atoms with Crippen LogP contribution in [0.5, 0.6) is 0 Å². The van der Waals surface area contributed by atoms with Crippen molar-refractivity contribution in [3.63, 3.8) is 0 Å². The molecule has 1 amide bonds. The highest BCUT2D eigenvalue weighted by Gasteiger charge is 2.30. The molecule has 0 unspecified atom stereocenters. The largest absolute Gasteiger partial charge is 0.379 e.